The van der Waals surface area contributed by atoms with Crippen molar-refractivity contribution in [1.29, 1.82) is 5.26 Å². The van der Waals surface area contributed by atoms with E-state index >= 15 is 0 Å². The van der Waals surface area contributed by atoms with Crippen LogP contribution in [0, 0.1) is 11.3 Å². The van der Waals surface area contributed by atoms with Gasteiger partial charge in [0.05, 0.1) is 18.0 Å². The molecule has 0 unspecified atom stereocenters. The lowest BCUT2D eigenvalue weighted by atomic mass is 10.3. The van der Waals surface area contributed by atoms with Crippen molar-refractivity contribution in [2.75, 3.05) is 5.32 Å². The Morgan fingerprint density at radius 2 is 2.50 bits per heavy atom. The Balaban J connectivity index is 2.21. The van der Waals surface area contributed by atoms with Gasteiger partial charge in [-0.15, -0.1) is 0 Å². The van der Waals surface area contributed by atoms with Gasteiger partial charge in [-0.2, -0.15) is 10.4 Å². The Bertz CT molecular complexity index is 566. The Morgan fingerprint density at radius 1 is 1.69 bits per heavy atom. The van der Waals surface area contributed by atoms with Crippen LogP contribution >= 0.6 is 15.9 Å². The van der Waals surface area contributed by atoms with Crippen molar-refractivity contribution in [2.24, 2.45) is 0 Å². The number of amides is 1. The van der Waals surface area contributed by atoms with Crippen LogP contribution in [0.25, 0.3) is 0 Å². The highest BCUT2D eigenvalue weighted by atomic mass is 79.9. The molecule has 0 saturated heterocycles. The lowest BCUT2D eigenvalue weighted by Crippen LogP contribution is -2.12. The molecule has 2 aromatic rings. The number of nitrogens with zero attached hydrogens (tertiary/aromatic N) is 2. The molecule has 80 valence electrons. The van der Waals surface area contributed by atoms with Crippen molar-refractivity contribution in [2.45, 2.75) is 0 Å². The van der Waals surface area contributed by atoms with Crippen LogP contribution in [0.5, 0.6) is 0 Å². The summed E-state index contributed by atoms with van der Waals surface area (Å²) in [6.07, 6.45) is 2.72. The number of carbonyl (C=O) groups is 1. The molecule has 7 heteroatoms. The smallest absolute Gasteiger partial charge is 0.261 e. The van der Waals surface area contributed by atoms with E-state index in [0.717, 1.165) is 0 Å². The molecule has 0 aliphatic carbocycles. The molecule has 0 aliphatic rings. The number of hydrogen-bond acceptors (Lipinski definition) is 4. The summed E-state index contributed by atoms with van der Waals surface area (Å²) in [7, 11) is 0. The molecule has 0 bridgehead atoms. The number of furan rings is 1. The van der Waals surface area contributed by atoms with Crippen molar-refractivity contribution < 1.29 is 9.21 Å². The molecule has 6 nitrogen and oxygen atoms in total. The van der Waals surface area contributed by atoms with Gasteiger partial charge in [0, 0.05) is 0 Å². The van der Waals surface area contributed by atoms with E-state index in [1.54, 1.807) is 0 Å². The van der Waals surface area contributed by atoms with Crippen LogP contribution in [0.2, 0.25) is 0 Å². The highest BCUT2D eigenvalue weighted by molar-refractivity contribution is 9.10. The third kappa shape index (κ3) is 1.83. The average Bonchev–Trinajstić information content (AvgIpc) is 2.86. The minimum atomic E-state index is -0.388. The van der Waals surface area contributed by atoms with Crippen molar-refractivity contribution in [3.8, 4) is 6.07 Å². The first-order valence-corrected chi connectivity index (χ1v) is 4.99. The van der Waals surface area contributed by atoms with Gasteiger partial charge in [0.1, 0.15) is 17.5 Å². The predicted molar refractivity (Wildman–Crippen MR) is 57.7 cm³/mol. The molecule has 0 aromatic carbocycles. The second kappa shape index (κ2) is 4.20. The molecule has 1 amide bonds. The summed E-state index contributed by atoms with van der Waals surface area (Å²) in [4.78, 5) is 11.7. The summed E-state index contributed by atoms with van der Waals surface area (Å²) in [6, 6.07) is 3.41. The molecule has 0 spiro atoms. The van der Waals surface area contributed by atoms with Gasteiger partial charge in [-0.3, -0.25) is 9.89 Å². The summed E-state index contributed by atoms with van der Waals surface area (Å²) < 4.78 is 5.26. The van der Waals surface area contributed by atoms with E-state index in [9.17, 15) is 4.79 Å². The van der Waals surface area contributed by atoms with Crippen molar-refractivity contribution >= 4 is 27.7 Å². The maximum atomic E-state index is 11.7. The number of nitrogens with one attached hydrogen (secondary N) is 2. The number of H-pyrrole nitrogens is 1. The van der Waals surface area contributed by atoms with Gasteiger partial charge in [-0.1, -0.05) is 0 Å². The molecule has 0 aliphatic heterocycles. The molecule has 2 aromatic heterocycles. The number of halogens is 1. The average molecular weight is 281 g/mol. The lowest BCUT2D eigenvalue weighted by molar-refractivity contribution is 0.102. The lowest BCUT2D eigenvalue weighted by Gasteiger charge is -2.00. The van der Waals surface area contributed by atoms with E-state index in [1.807, 2.05) is 6.07 Å². The molecule has 0 fully saturated rings. The number of nitriles is 1. The number of hydrogen-bond donors (Lipinski definition) is 2. The minimum absolute atomic E-state index is 0.264. The van der Waals surface area contributed by atoms with Gasteiger partial charge in [0.25, 0.3) is 5.91 Å². The van der Waals surface area contributed by atoms with Gasteiger partial charge in [-0.25, -0.2) is 0 Å². The van der Waals surface area contributed by atoms with Crippen LogP contribution < -0.4 is 5.32 Å². The highest BCUT2D eigenvalue weighted by Gasteiger charge is 2.15. The molecule has 2 rings (SSSR count). The molecule has 0 radical (unpaired) electrons. The van der Waals surface area contributed by atoms with E-state index in [4.69, 9.17) is 9.68 Å². The number of aromatic amines is 1. The van der Waals surface area contributed by atoms with E-state index in [2.05, 4.69) is 31.4 Å². The first-order chi connectivity index (χ1) is 7.72. The largest absolute Gasteiger partial charge is 0.457 e. The second-order valence-electron chi connectivity index (χ2n) is 2.83. The summed E-state index contributed by atoms with van der Waals surface area (Å²) in [6.45, 7) is 0. The second-order valence-corrected chi connectivity index (χ2v) is 3.55. The number of anilines is 1. The zero-order valence-corrected chi connectivity index (χ0v) is 9.41. The predicted octanol–water partition coefficient (Wildman–Crippen LogP) is 1.89. The molecule has 2 heterocycles. The van der Waals surface area contributed by atoms with Crippen LogP contribution in [0.3, 0.4) is 0 Å². The van der Waals surface area contributed by atoms with Gasteiger partial charge in [0.15, 0.2) is 4.67 Å². The molecular formula is C9H5BrN4O2. The zero-order valence-electron chi connectivity index (χ0n) is 7.82. The van der Waals surface area contributed by atoms with Crippen LogP contribution in [-0.2, 0) is 0 Å². The highest BCUT2D eigenvalue weighted by Crippen LogP contribution is 2.19. The van der Waals surface area contributed by atoms with E-state index in [0.29, 0.717) is 10.2 Å². The molecular weight excluding hydrogens is 276 g/mol. The van der Waals surface area contributed by atoms with Crippen molar-refractivity contribution in [3.05, 3.63) is 34.3 Å². The van der Waals surface area contributed by atoms with E-state index in [-0.39, 0.29) is 17.3 Å². The monoisotopic (exact) mass is 280 g/mol. The summed E-state index contributed by atoms with van der Waals surface area (Å²) in [5, 5.41) is 17.4. The fourth-order valence-corrected chi connectivity index (χ4v) is 1.52. The molecule has 2 N–H and O–H groups in total. The maximum Gasteiger partial charge on any atom is 0.261 e. The van der Waals surface area contributed by atoms with Gasteiger partial charge >= 0.3 is 0 Å². The van der Waals surface area contributed by atoms with Crippen molar-refractivity contribution in [3.63, 3.8) is 0 Å². The fourth-order valence-electron chi connectivity index (χ4n) is 1.10. The van der Waals surface area contributed by atoms with Gasteiger partial charge in [0.2, 0.25) is 0 Å². The zero-order chi connectivity index (χ0) is 11.5. The fraction of sp³-hybridized carbons (Fsp3) is 0. The Labute approximate surface area is 98.4 Å². The first kappa shape index (κ1) is 10.4. The molecule has 0 saturated carbocycles. The van der Waals surface area contributed by atoms with E-state index < -0.39 is 0 Å². The van der Waals surface area contributed by atoms with Crippen LogP contribution in [-0.4, -0.2) is 16.1 Å². The first-order valence-electron chi connectivity index (χ1n) is 4.20. The standard InChI is InChI=1S/C9H5BrN4O2/c10-7-6(1-2-16-7)9(15)13-8-5(3-11)4-12-14-8/h1-2,4H,(H2,12,13,14,15). The van der Waals surface area contributed by atoms with Gasteiger partial charge < -0.3 is 9.73 Å². The Kier molecular flexibility index (Phi) is 2.74. The maximum absolute atomic E-state index is 11.7. The minimum Gasteiger partial charge on any atom is -0.457 e. The van der Waals surface area contributed by atoms with Crippen LogP contribution in [0.15, 0.2) is 27.6 Å². The summed E-state index contributed by atoms with van der Waals surface area (Å²) in [5.41, 5.74) is 0.617. The number of rotatable bonds is 2. The number of aromatic nitrogens is 2. The quantitative estimate of drug-likeness (QED) is 0.878. The Morgan fingerprint density at radius 3 is 3.12 bits per heavy atom. The van der Waals surface area contributed by atoms with Gasteiger partial charge in [-0.05, 0) is 22.0 Å². The summed E-state index contributed by atoms with van der Waals surface area (Å²) >= 11 is 3.09. The third-order valence-electron chi connectivity index (χ3n) is 1.86. The van der Waals surface area contributed by atoms with Crippen LogP contribution in [0.4, 0.5) is 5.82 Å². The SMILES string of the molecule is N#Cc1cn[nH]c1NC(=O)c1ccoc1Br. The van der Waals surface area contributed by atoms with Crippen LogP contribution in [0.1, 0.15) is 15.9 Å². The van der Waals surface area contributed by atoms with E-state index in [1.165, 1.54) is 18.5 Å². The Hall–Kier alpha value is -2.07. The van der Waals surface area contributed by atoms with Crippen molar-refractivity contribution in [1.82, 2.24) is 10.2 Å². The molecule has 0 atom stereocenters. The topological polar surface area (TPSA) is 94.7 Å². The molecule has 16 heavy (non-hydrogen) atoms. The summed E-state index contributed by atoms with van der Waals surface area (Å²) in [5.74, 6) is -0.123. The number of carbonyl (C=O) groups excluding carboxylic acids is 1. The third-order valence-corrected chi connectivity index (χ3v) is 2.48. The normalized spacial score (nSPS) is 9.75.